The van der Waals surface area contributed by atoms with Gasteiger partial charge in [-0.2, -0.15) is 0 Å². The van der Waals surface area contributed by atoms with Crippen LogP contribution in [0.15, 0.2) is 30.5 Å². The molecule has 1 atom stereocenters. The number of hydrogen-bond acceptors (Lipinski definition) is 2. The molecule has 2 N–H and O–H groups in total. The van der Waals surface area contributed by atoms with Crippen molar-refractivity contribution in [2.75, 3.05) is 6.54 Å². The van der Waals surface area contributed by atoms with Gasteiger partial charge in [-0.3, -0.25) is 4.79 Å². The maximum Gasteiger partial charge on any atom is 0.220 e. The number of rotatable bonds is 7. The molecular weight excluding hydrogens is 276 g/mol. The monoisotopic (exact) mass is 302 g/mol. The molecule has 0 aliphatic carbocycles. The van der Waals surface area contributed by atoms with Gasteiger partial charge in [0.2, 0.25) is 5.91 Å². The molecule has 1 amide bonds. The minimum absolute atomic E-state index is 0.0453. The molecule has 2 aromatic rings. The highest BCUT2D eigenvalue weighted by atomic mass is 16.3. The molecule has 120 valence electrons. The summed E-state index contributed by atoms with van der Waals surface area (Å²) in [6.07, 6.45) is 3.57. The minimum Gasteiger partial charge on any atom is -0.393 e. The zero-order valence-corrected chi connectivity index (χ0v) is 13.7. The van der Waals surface area contributed by atoms with Crippen molar-refractivity contribution in [3.05, 3.63) is 36.0 Å². The molecule has 1 aromatic heterocycles. The number of hydrogen-bond donors (Lipinski definition) is 2. The summed E-state index contributed by atoms with van der Waals surface area (Å²) in [7, 11) is 2.03. The molecule has 22 heavy (non-hydrogen) atoms. The van der Waals surface area contributed by atoms with Gasteiger partial charge in [-0.25, -0.2) is 0 Å². The van der Waals surface area contributed by atoms with Gasteiger partial charge in [0, 0.05) is 37.1 Å². The van der Waals surface area contributed by atoms with Crippen LogP contribution in [0.4, 0.5) is 0 Å². The van der Waals surface area contributed by atoms with Gasteiger partial charge >= 0.3 is 0 Å². The Bertz CT molecular complexity index is 631. The summed E-state index contributed by atoms with van der Waals surface area (Å²) in [6.45, 7) is 4.49. The fourth-order valence-corrected chi connectivity index (χ4v) is 2.65. The lowest BCUT2D eigenvalue weighted by atomic mass is 10.0. The van der Waals surface area contributed by atoms with Crippen molar-refractivity contribution >= 4 is 16.8 Å². The van der Waals surface area contributed by atoms with E-state index in [2.05, 4.69) is 28.2 Å². The lowest BCUT2D eigenvalue weighted by molar-refractivity contribution is -0.121. The van der Waals surface area contributed by atoms with Crippen molar-refractivity contribution in [2.24, 2.45) is 13.0 Å². The highest BCUT2D eigenvalue weighted by Crippen LogP contribution is 2.21. The van der Waals surface area contributed by atoms with Gasteiger partial charge in [0.25, 0.3) is 0 Å². The maximum atomic E-state index is 11.9. The van der Waals surface area contributed by atoms with Gasteiger partial charge in [0.05, 0.1) is 6.10 Å². The number of benzene rings is 1. The van der Waals surface area contributed by atoms with E-state index in [0.29, 0.717) is 19.4 Å². The lowest BCUT2D eigenvalue weighted by Gasteiger charge is -2.14. The summed E-state index contributed by atoms with van der Waals surface area (Å²) in [5, 5.41) is 13.8. The van der Waals surface area contributed by atoms with E-state index in [1.54, 1.807) is 0 Å². The molecule has 2 rings (SSSR count). The molecule has 1 aromatic carbocycles. The number of aromatic nitrogens is 1. The third-order valence-electron chi connectivity index (χ3n) is 4.13. The molecule has 0 fully saturated rings. The van der Waals surface area contributed by atoms with E-state index >= 15 is 0 Å². The first-order valence-corrected chi connectivity index (χ1v) is 7.96. The van der Waals surface area contributed by atoms with Gasteiger partial charge in [-0.05, 0) is 30.4 Å². The van der Waals surface area contributed by atoms with E-state index in [1.807, 2.05) is 33.0 Å². The van der Waals surface area contributed by atoms with Crippen LogP contribution in [0.1, 0.15) is 32.3 Å². The molecule has 0 aliphatic heterocycles. The fourth-order valence-electron chi connectivity index (χ4n) is 2.65. The van der Waals surface area contributed by atoms with E-state index in [0.717, 1.165) is 6.42 Å². The predicted octanol–water partition coefficient (Wildman–Crippen LogP) is 2.63. The summed E-state index contributed by atoms with van der Waals surface area (Å²) in [4.78, 5) is 11.9. The fraction of sp³-hybridized carbons (Fsp3) is 0.500. The van der Waals surface area contributed by atoms with Crippen LogP contribution in [0, 0.1) is 5.92 Å². The quantitative estimate of drug-likeness (QED) is 0.826. The number of aliphatic hydroxyl groups excluding tert-OH is 1. The van der Waals surface area contributed by atoms with Gasteiger partial charge in [0.1, 0.15) is 0 Å². The van der Waals surface area contributed by atoms with Crippen LogP contribution in [-0.2, 0) is 18.3 Å². The number of fused-ring (bicyclic) bond motifs is 1. The molecule has 0 bridgehead atoms. The number of nitrogens with one attached hydrogen (secondary N) is 1. The molecule has 0 saturated heterocycles. The molecule has 0 saturated carbocycles. The summed E-state index contributed by atoms with van der Waals surface area (Å²) < 4.78 is 2.10. The van der Waals surface area contributed by atoms with E-state index in [9.17, 15) is 9.90 Å². The zero-order chi connectivity index (χ0) is 16.1. The number of amides is 1. The normalized spacial score (nSPS) is 12.8. The Morgan fingerprint density at radius 1 is 1.32 bits per heavy atom. The van der Waals surface area contributed by atoms with Gasteiger partial charge in [0.15, 0.2) is 0 Å². The Morgan fingerprint density at radius 2 is 2.05 bits per heavy atom. The predicted molar refractivity (Wildman–Crippen MR) is 89.7 cm³/mol. The summed E-state index contributed by atoms with van der Waals surface area (Å²) in [6, 6.07) is 8.24. The number of para-hydroxylation sites is 1. The van der Waals surface area contributed by atoms with Crippen LogP contribution in [0.3, 0.4) is 0 Å². The van der Waals surface area contributed by atoms with Crippen molar-refractivity contribution in [1.29, 1.82) is 0 Å². The molecule has 0 spiro atoms. The first-order chi connectivity index (χ1) is 10.5. The topological polar surface area (TPSA) is 54.3 Å². The average Bonchev–Trinajstić information content (AvgIpc) is 2.82. The molecule has 4 nitrogen and oxygen atoms in total. The van der Waals surface area contributed by atoms with Gasteiger partial charge < -0.3 is 15.0 Å². The van der Waals surface area contributed by atoms with E-state index < -0.39 is 0 Å². The van der Waals surface area contributed by atoms with Crippen molar-refractivity contribution in [2.45, 2.75) is 39.2 Å². The van der Waals surface area contributed by atoms with Crippen molar-refractivity contribution < 1.29 is 9.90 Å². The first kappa shape index (κ1) is 16.6. The first-order valence-electron chi connectivity index (χ1n) is 7.96. The maximum absolute atomic E-state index is 11.9. The third kappa shape index (κ3) is 4.10. The van der Waals surface area contributed by atoms with Crippen LogP contribution in [-0.4, -0.2) is 28.2 Å². The molecule has 0 radical (unpaired) electrons. The van der Waals surface area contributed by atoms with Gasteiger partial charge in [-0.1, -0.05) is 32.0 Å². The number of aliphatic hydroxyl groups is 1. The van der Waals surface area contributed by atoms with Crippen LogP contribution in [0.25, 0.3) is 10.9 Å². The second-order valence-corrected chi connectivity index (χ2v) is 6.23. The summed E-state index contributed by atoms with van der Waals surface area (Å²) in [5.74, 6) is 0.275. The highest BCUT2D eigenvalue weighted by molar-refractivity contribution is 5.84. The molecule has 0 aliphatic rings. The van der Waals surface area contributed by atoms with E-state index in [-0.39, 0.29) is 17.9 Å². The Kier molecular flexibility index (Phi) is 5.61. The standard InChI is InChI=1S/C18H26N2O2/c1-13(2)17(21)10-11-19-18(22)9-8-14-12-20(3)16-7-5-4-6-15(14)16/h4-7,12-13,17,21H,8-11H2,1-3H3,(H,19,22). The molecule has 1 heterocycles. The SMILES string of the molecule is CC(C)C(O)CCNC(=O)CCc1cn(C)c2ccccc12. The van der Waals surface area contributed by atoms with E-state index in [4.69, 9.17) is 0 Å². The van der Waals surface area contributed by atoms with Crippen LogP contribution in [0.2, 0.25) is 0 Å². The highest BCUT2D eigenvalue weighted by Gasteiger charge is 2.11. The zero-order valence-electron chi connectivity index (χ0n) is 13.7. The third-order valence-corrected chi connectivity index (χ3v) is 4.13. The van der Waals surface area contributed by atoms with E-state index in [1.165, 1.54) is 16.5 Å². The number of carbonyl (C=O) groups is 1. The number of carbonyl (C=O) groups excluding carboxylic acids is 1. The molecule has 1 unspecified atom stereocenters. The van der Waals surface area contributed by atoms with Crippen LogP contribution >= 0.6 is 0 Å². The minimum atomic E-state index is -0.349. The average molecular weight is 302 g/mol. The Labute approximate surface area is 132 Å². The second-order valence-electron chi connectivity index (χ2n) is 6.23. The second kappa shape index (κ2) is 7.45. The Hall–Kier alpha value is -1.81. The summed E-state index contributed by atoms with van der Waals surface area (Å²) >= 11 is 0. The number of aryl methyl sites for hydroxylation is 2. The smallest absolute Gasteiger partial charge is 0.220 e. The van der Waals surface area contributed by atoms with Gasteiger partial charge in [-0.15, -0.1) is 0 Å². The van der Waals surface area contributed by atoms with Crippen LogP contribution < -0.4 is 5.32 Å². The van der Waals surface area contributed by atoms with Crippen molar-refractivity contribution in [1.82, 2.24) is 9.88 Å². The number of nitrogens with zero attached hydrogens (tertiary/aromatic N) is 1. The largest absolute Gasteiger partial charge is 0.393 e. The lowest BCUT2D eigenvalue weighted by Crippen LogP contribution is -2.28. The van der Waals surface area contributed by atoms with Crippen molar-refractivity contribution in [3.63, 3.8) is 0 Å². The Morgan fingerprint density at radius 3 is 2.77 bits per heavy atom. The Balaban J connectivity index is 1.83. The van der Waals surface area contributed by atoms with Crippen molar-refractivity contribution in [3.8, 4) is 0 Å². The molecular formula is C18H26N2O2. The van der Waals surface area contributed by atoms with Crippen LogP contribution in [0.5, 0.6) is 0 Å². The molecule has 4 heteroatoms. The summed E-state index contributed by atoms with van der Waals surface area (Å²) in [5.41, 5.74) is 2.40.